The van der Waals surface area contributed by atoms with Crippen LogP contribution in [0.25, 0.3) is 0 Å². The van der Waals surface area contributed by atoms with Crippen LogP contribution in [0.5, 0.6) is 17.2 Å². The van der Waals surface area contributed by atoms with Crippen LogP contribution in [0.15, 0.2) is 66.7 Å². The number of aliphatic carboxylic acids is 1. The van der Waals surface area contributed by atoms with Crippen molar-refractivity contribution in [3.05, 3.63) is 88.4 Å². The van der Waals surface area contributed by atoms with Crippen molar-refractivity contribution in [2.24, 2.45) is 5.92 Å². The highest BCUT2D eigenvalue weighted by molar-refractivity contribution is 6.30. The maximum atomic E-state index is 11.6. The van der Waals surface area contributed by atoms with Gasteiger partial charge in [0, 0.05) is 5.02 Å². The van der Waals surface area contributed by atoms with Gasteiger partial charge >= 0.3 is 5.97 Å². The van der Waals surface area contributed by atoms with Crippen LogP contribution in [0, 0.1) is 12.8 Å². The highest BCUT2D eigenvalue weighted by Crippen LogP contribution is 2.50. The number of para-hydroxylation sites is 1. The molecule has 5 heteroatoms. The Kier molecular flexibility index (Phi) is 6.94. The molecule has 1 saturated carbocycles. The van der Waals surface area contributed by atoms with E-state index in [-0.39, 0.29) is 0 Å². The molecule has 172 valence electrons. The van der Waals surface area contributed by atoms with Gasteiger partial charge in [0.15, 0.2) is 0 Å². The Bertz CT molecular complexity index is 1120. The average molecular weight is 465 g/mol. The molecule has 0 radical (unpaired) electrons. The third-order valence-electron chi connectivity index (χ3n) is 6.32. The molecule has 3 aromatic rings. The molecule has 3 aromatic carbocycles. The minimum absolute atomic E-state index is 0.381. The first-order valence-electron chi connectivity index (χ1n) is 11.4. The van der Waals surface area contributed by atoms with Gasteiger partial charge in [0.2, 0.25) is 0 Å². The zero-order chi connectivity index (χ0) is 23.4. The van der Waals surface area contributed by atoms with Gasteiger partial charge in [-0.15, -0.1) is 0 Å². The highest BCUT2D eigenvalue weighted by atomic mass is 35.5. The van der Waals surface area contributed by atoms with Crippen LogP contribution in [0.2, 0.25) is 5.02 Å². The SMILES string of the molecule is Cc1cc(OCCC(C)Cc2ccc(Cl)cc2Oc2ccccc2)ccc1C1(C(=O)O)CC1. The summed E-state index contributed by atoms with van der Waals surface area (Å²) in [6.45, 7) is 4.75. The predicted octanol–water partition coefficient (Wildman–Crippen LogP) is 7.20. The third kappa shape index (κ3) is 5.51. The summed E-state index contributed by atoms with van der Waals surface area (Å²) in [5, 5.41) is 10.2. The number of hydrogen-bond donors (Lipinski definition) is 1. The third-order valence-corrected chi connectivity index (χ3v) is 6.56. The Morgan fingerprint density at radius 2 is 1.82 bits per heavy atom. The molecule has 0 aromatic heterocycles. The maximum absolute atomic E-state index is 11.6. The van der Waals surface area contributed by atoms with Gasteiger partial charge in [-0.1, -0.05) is 48.9 Å². The van der Waals surface area contributed by atoms with Crippen LogP contribution >= 0.6 is 11.6 Å². The molecule has 0 aliphatic heterocycles. The van der Waals surface area contributed by atoms with E-state index >= 15 is 0 Å². The van der Waals surface area contributed by atoms with Gasteiger partial charge in [0.1, 0.15) is 17.2 Å². The zero-order valence-corrected chi connectivity index (χ0v) is 19.8. The first kappa shape index (κ1) is 23.2. The normalized spacial score (nSPS) is 15.0. The fraction of sp³-hybridized carbons (Fsp3) is 0.321. The first-order chi connectivity index (χ1) is 15.9. The quantitative estimate of drug-likeness (QED) is 0.344. The topological polar surface area (TPSA) is 55.8 Å². The Labute approximate surface area is 200 Å². The number of carbonyl (C=O) groups is 1. The Balaban J connectivity index is 1.33. The number of ether oxygens (including phenoxy) is 2. The van der Waals surface area contributed by atoms with Crippen molar-refractivity contribution in [2.75, 3.05) is 6.61 Å². The lowest BCUT2D eigenvalue weighted by molar-refractivity contribution is -0.140. The van der Waals surface area contributed by atoms with Gasteiger partial charge in [0.05, 0.1) is 12.0 Å². The summed E-state index contributed by atoms with van der Waals surface area (Å²) >= 11 is 6.21. The number of rotatable bonds is 10. The average Bonchev–Trinajstić information content (AvgIpc) is 3.58. The molecule has 1 aliphatic rings. The van der Waals surface area contributed by atoms with Crippen LogP contribution in [0.4, 0.5) is 0 Å². The second-order valence-corrected chi connectivity index (χ2v) is 9.41. The standard InChI is InChI=1S/C28H29ClO4/c1-19(16-21-8-9-22(29)18-26(21)33-23-6-4-3-5-7-23)12-15-32-24-10-11-25(20(2)17-24)28(13-14-28)27(30)31/h3-11,17-19H,12-16H2,1-2H3,(H,30,31). The fourth-order valence-electron chi connectivity index (χ4n) is 4.25. The van der Waals surface area contributed by atoms with Crippen molar-refractivity contribution in [1.82, 2.24) is 0 Å². The van der Waals surface area contributed by atoms with Crippen LogP contribution < -0.4 is 9.47 Å². The molecule has 1 aliphatic carbocycles. The lowest BCUT2D eigenvalue weighted by Crippen LogP contribution is -2.20. The fourth-order valence-corrected chi connectivity index (χ4v) is 4.41. The summed E-state index contributed by atoms with van der Waals surface area (Å²) in [5.74, 6) is 1.99. The molecule has 0 bridgehead atoms. The summed E-state index contributed by atoms with van der Waals surface area (Å²) in [7, 11) is 0. The Morgan fingerprint density at radius 3 is 2.48 bits per heavy atom. The maximum Gasteiger partial charge on any atom is 0.314 e. The molecule has 0 spiro atoms. The molecule has 0 saturated heterocycles. The highest BCUT2D eigenvalue weighted by Gasteiger charge is 2.52. The lowest BCUT2D eigenvalue weighted by Gasteiger charge is -2.17. The summed E-state index contributed by atoms with van der Waals surface area (Å²) in [6.07, 6.45) is 3.15. The number of benzene rings is 3. The largest absolute Gasteiger partial charge is 0.494 e. The van der Waals surface area contributed by atoms with E-state index in [9.17, 15) is 9.90 Å². The number of carboxylic acids is 1. The van der Waals surface area contributed by atoms with Gasteiger partial charge in [-0.25, -0.2) is 0 Å². The van der Waals surface area contributed by atoms with Crippen molar-refractivity contribution in [1.29, 1.82) is 0 Å². The Hall–Kier alpha value is -2.98. The van der Waals surface area contributed by atoms with E-state index < -0.39 is 11.4 Å². The number of hydrogen-bond acceptors (Lipinski definition) is 3. The van der Waals surface area contributed by atoms with Crippen molar-refractivity contribution >= 4 is 17.6 Å². The molecule has 0 amide bonds. The molecule has 4 rings (SSSR count). The lowest BCUT2D eigenvalue weighted by atomic mass is 9.92. The van der Waals surface area contributed by atoms with E-state index in [1.54, 1.807) is 0 Å². The van der Waals surface area contributed by atoms with Crippen molar-refractivity contribution < 1.29 is 19.4 Å². The number of halogens is 1. The predicted molar refractivity (Wildman–Crippen MR) is 131 cm³/mol. The monoisotopic (exact) mass is 464 g/mol. The Morgan fingerprint density at radius 1 is 1.06 bits per heavy atom. The molecule has 0 heterocycles. The van der Waals surface area contributed by atoms with E-state index in [4.69, 9.17) is 21.1 Å². The summed E-state index contributed by atoms with van der Waals surface area (Å²) < 4.78 is 12.1. The van der Waals surface area contributed by atoms with E-state index in [2.05, 4.69) is 6.92 Å². The van der Waals surface area contributed by atoms with Crippen molar-refractivity contribution in [2.45, 2.75) is 44.9 Å². The van der Waals surface area contributed by atoms with E-state index in [1.165, 1.54) is 0 Å². The zero-order valence-electron chi connectivity index (χ0n) is 19.0. The van der Waals surface area contributed by atoms with Crippen LogP contribution in [-0.4, -0.2) is 17.7 Å². The molecule has 1 N–H and O–H groups in total. The second kappa shape index (κ2) is 9.88. The molecular formula is C28H29ClO4. The van der Waals surface area contributed by atoms with Crippen LogP contribution in [-0.2, 0) is 16.6 Å². The van der Waals surface area contributed by atoms with E-state index in [1.807, 2.05) is 73.7 Å². The van der Waals surface area contributed by atoms with Gasteiger partial charge in [-0.3, -0.25) is 4.79 Å². The molecule has 1 unspecified atom stereocenters. The number of carboxylic acid groups (broad SMARTS) is 1. The number of aryl methyl sites for hydroxylation is 1. The van der Waals surface area contributed by atoms with E-state index in [0.29, 0.717) is 30.4 Å². The summed E-state index contributed by atoms with van der Waals surface area (Å²) in [4.78, 5) is 11.6. The second-order valence-electron chi connectivity index (χ2n) is 8.98. The summed E-state index contributed by atoms with van der Waals surface area (Å²) in [6, 6.07) is 21.2. The minimum atomic E-state index is -0.731. The van der Waals surface area contributed by atoms with Crippen molar-refractivity contribution in [3.63, 3.8) is 0 Å². The van der Waals surface area contributed by atoms with Crippen molar-refractivity contribution in [3.8, 4) is 17.2 Å². The van der Waals surface area contributed by atoms with Gasteiger partial charge in [-0.2, -0.15) is 0 Å². The molecule has 1 atom stereocenters. The molecule has 1 fully saturated rings. The van der Waals surface area contributed by atoms with Gasteiger partial charge < -0.3 is 14.6 Å². The first-order valence-corrected chi connectivity index (χ1v) is 11.7. The smallest absolute Gasteiger partial charge is 0.314 e. The molecular weight excluding hydrogens is 436 g/mol. The van der Waals surface area contributed by atoms with E-state index in [0.717, 1.165) is 46.8 Å². The summed E-state index contributed by atoms with van der Waals surface area (Å²) in [5.41, 5.74) is 2.31. The molecule has 4 nitrogen and oxygen atoms in total. The minimum Gasteiger partial charge on any atom is -0.494 e. The van der Waals surface area contributed by atoms with Gasteiger partial charge in [0.25, 0.3) is 0 Å². The van der Waals surface area contributed by atoms with Gasteiger partial charge in [-0.05, 0) is 91.6 Å². The van der Waals surface area contributed by atoms with Crippen LogP contribution in [0.1, 0.15) is 42.9 Å². The van der Waals surface area contributed by atoms with Crippen LogP contribution in [0.3, 0.4) is 0 Å². The molecule has 33 heavy (non-hydrogen) atoms.